The maximum atomic E-state index is 12.0. The molecule has 22 heavy (non-hydrogen) atoms. The van der Waals surface area contributed by atoms with E-state index in [0.29, 0.717) is 12.5 Å². The van der Waals surface area contributed by atoms with E-state index in [2.05, 4.69) is 29.9 Å². The van der Waals surface area contributed by atoms with Crippen molar-refractivity contribution >= 4 is 16.6 Å². The summed E-state index contributed by atoms with van der Waals surface area (Å²) >= 11 is 0. The van der Waals surface area contributed by atoms with Crippen LogP contribution in [0, 0.1) is 5.92 Å². The largest absolute Gasteiger partial charge is 0.394 e. The first-order valence-corrected chi connectivity index (χ1v) is 7.45. The van der Waals surface area contributed by atoms with Gasteiger partial charge in [-0.2, -0.15) is 0 Å². The Labute approximate surface area is 128 Å². The van der Waals surface area contributed by atoms with Crippen molar-refractivity contribution in [1.82, 2.24) is 14.5 Å². The van der Waals surface area contributed by atoms with Gasteiger partial charge in [-0.05, 0) is 36.6 Å². The van der Waals surface area contributed by atoms with Crippen LogP contribution in [-0.2, 0) is 13.0 Å². The summed E-state index contributed by atoms with van der Waals surface area (Å²) in [7, 11) is 0. The van der Waals surface area contributed by atoms with E-state index in [4.69, 9.17) is 5.73 Å². The lowest BCUT2D eigenvalue weighted by molar-refractivity contribution is 0.638. The summed E-state index contributed by atoms with van der Waals surface area (Å²) in [6.07, 6.45) is 4.51. The molecule has 0 amide bonds. The molecule has 0 bridgehead atoms. The number of pyridine rings is 2. The van der Waals surface area contributed by atoms with E-state index in [9.17, 15) is 4.79 Å². The molecule has 0 saturated heterocycles. The Balaban J connectivity index is 1.99. The van der Waals surface area contributed by atoms with Gasteiger partial charge in [-0.1, -0.05) is 13.8 Å². The number of aromatic nitrogens is 3. The predicted octanol–water partition coefficient (Wildman–Crippen LogP) is 2.55. The molecule has 0 aliphatic heterocycles. The lowest BCUT2D eigenvalue weighted by atomic mass is 10.1. The van der Waals surface area contributed by atoms with Crippen LogP contribution < -0.4 is 11.3 Å². The summed E-state index contributed by atoms with van der Waals surface area (Å²) in [5, 5.41) is 1.12. The third-order valence-corrected chi connectivity index (χ3v) is 3.67. The van der Waals surface area contributed by atoms with E-state index in [0.717, 1.165) is 28.7 Å². The molecule has 0 spiro atoms. The molecule has 0 unspecified atom stereocenters. The molecule has 3 aromatic heterocycles. The summed E-state index contributed by atoms with van der Waals surface area (Å²) < 4.78 is 1.61. The van der Waals surface area contributed by atoms with Crippen LogP contribution in [0.15, 0.2) is 41.5 Å². The number of nitrogens with two attached hydrogens (primary N) is 1. The van der Waals surface area contributed by atoms with Gasteiger partial charge in [-0.25, -0.2) is 0 Å². The summed E-state index contributed by atoms with van der Waals surface area (Å²) in [5.41, 5.74) is 8.87. The van der Waals surface area contributed by atoms with Gasteiger partial charge in [0.1, 0.15) is 0 Å². The highest BCUT2D eigenvalue weighted by Crippen LogP contribution is 2.20. The monoisotopic (exact) mass is 296 g/mol. The number of hydrogen-bond donors (Lipinski definition) is 2. The SMILES string of the molecule is CC(C)Cc1nccc2cc(Cn3cccc(N)c3=O)[nH]c12. The molecule has 3 rings (SSSR count). The Kier molecular flexibility index (Phi) is 3.71. The average molecular weight is 296 g/mol. The minimum Gasteiger partial charge on any atom is -0.394 e. The van der Waals surface area contributed by atoms with Crippen molar-refractivity contribution in [3.05, 3.63) is 58.4 Å². The highest BCUT2D eigenvalue weighted by Gasteiger charge is 2.09. The van der Waals surface area contributed by atoms with Crippen LogP contribution in [0.4, 0.5) is 5.69 Å². The van der Waals surface area contributed by atoms with E-state index in [1.165, 1.54) is 0 Å². The van der Waals surface area contributed by atoms with Gasteiger partial charge in [0.25, 0.3) is 5.56 Å². The van der Waals surface area contributed by atoms with Gasteiger partial charge in [-0.15, -0.1) is 0 Å². The Bertz CT molecular complexity index is 860. The Morgan fingerprint density at radius 3 is 2.95 bits per heavy atom. The minimum atomic E-state index is -0.165. The van der Waals surface area contributed by atoms with Gasteiger partial charge in [-0.3, -0.25) is 9.78 Å². The van der Waals surface area contributed by atoms with Gasteiger partial charge >= 0.3 is 0 Å². The van der Waals surface area contributed by atoms with Crippen molar-refractivity contribution < 1.29 is 0 Å². The number of aromatic amines is 1. The second kappa shape index (κ2) is 5.67. The van der Waals surface area contributed by atoms with Crippen molar-refractivity contribution in [2.75, 3.05) is 5.73 Å². The van der Waals surface area contributed by atoms with E-state index in [1.54, 1.807) is 22.9 Å². The number of H-pyrrole nitrogens is 1. The molecule has 0 aliphatic carbocycles. The number of nitrogens with zero attached hydrogens (tertiary/aromatic N) is 2. The van der Waals surface area contributed by atoms with E-state index in [-0.39, 0.29) is 11.2 Å². The number of nitrogen functional groups attached to an aromatic ring is 1. The lowest BCUT2D eigenvalue weighted by Gasteiger charge is -2.05. The van der Waals surface area contributed by atoms with Crippen LogP contribution in [0.3, 0.4) is 0 Å². The number of fused-ring (bicyclic) bond motifs is 1. The molecule has 3 aromatic rings. The molecular formula is C17H20N4O. The summed E-state index contributed by atoms with van der Waals surface area (Å²) in [5.74, 6) is 0.543. The quantitative estimate of drug-likeness (QED) is 0.776. The molecule has 0 aromatic carbocycles. The number of hydrogen-bond acceptors (Lipinski definition) is 3. The first-order valence-electron chi connectivity index (χ1n) is 7.45. The third-order valence-electron chi connectivity index (χ3n) is 3.67. The van der Waals surface area contributed by atoms with Crippen LogP contribution in [0.25, 0.3) is 10.9 Å². The average Bonchev–Trinajstić information content (AvgIpc) is 2.87. The summed E-state index contributed by atoms with van der Waals surface area (Å²) in [6, 6.07) is 7.46. The molecule has 114 valence electrons. The molecule has 5 nitrogen and oxygen atoms in total. The van der Waals surface area contributed by atoms with Gasteiger partial charge in [0.05, 0.1) is 23.4 Å². The molecule has 3 N–H and O–H groups in total. The maximum Gasteiger partial charge on any atom is 0.274 e. The minimum absolute atomic E-state index is 0.165. The fourth-order valence-electron chi connectivity index (χ4n) is 2.66. The van der Waals surface area contributed by atoms with Crippen molar-refractivity contribution in [2.45, 2.75) is 26.8 Å². The Hall–Kier alpha value is -2.56. The number of anilines is 1. The van der Waals surface area contributed by atoms with Gasteiger partial charge in [0, 0.05) is 23.5 Å². The zero-order valence-electron chi connectivity index (χ0n) is 12.8. The molecule has 0 aliphatic rings. The fourth-order valence-corrected chi connectivity index (χ4v) is 2.66. The van der Waals surface area contributed by atoms with Gasteiger partial charge < -0.3 is 15.3 Å². The summed E-state index contributed by atoms with van der Waals surface area (Å²) in [6.45, 7) is 4.83. The normalized spacial score (nSPS) is 11.4. The Morgan fingerprint density at radius 2 is 2.18 bits per heavy atom. The first kappa shape index (κ1) is 14.4. The van der Waals surface area contributed by atoms with Crippen molar-refractivity contribution in [3.8, 4) is 0 Å². The number of rotatable bonds is 4. The van der Waals surface area contributed by atoms with Gasteiger partial charge in [0.2, 0.25) is 0 Å². The highest BCUT2D eigenvalue weighted by molar-refractivity contribution is 5.82. The zero-order valence-corrected chi connectivity index (χ0v) is 12.8. The van der Waals surface area contributed by atoms with Crippen LogP contribution in [0.5, 0.6) is 0 Å². The summed E-state index contributed by atoms with van der Waals surface area (Å²) in [4.78, 5) is 19.9. The maximum absolute atomic E-state index is 12.0. The molecule has 3 heterocycles. The van der Waals surface area contributed by atoms with Crippen molar-refractivity contribution in [1.29, 1.82) is 0 Å². The van der Waals surface area contributed by atoms with Crippen LogP contribution >= 0.6 is 0 Å². The zero-order chi connectivity index (χ0) is 15.7. The molecular weight excluding hydrogens is 276 g/mol. The Morgan fingerprint density at radius 1 is 1.36 bits per heavy atom. The molecule has 0 radical (unpaired) electrons. The van der Waals surface area contributed by atoms with Crippen molar-refractivity contribution in [3.63, 3.8) is 0 Å². The van der Waals surface area contributed by atoms with Crippen LogP contribution in [0.2, 0.25) is 0 Å². The number of nitrogens with one attached hydrogen (secondary N) is 1. The first-order chi connectivity index (χ1) is 10.5. The molecule has 0 atom stereocenters. The lowest BCUT2D eigenvalue weighted by Crippen LogP contribution is -2.22. The van der Waals surface area contributed by atoms with E-state index < -0.39 is 0 Å². The van der Waals surface area contributed by atoms with E-state index >= 15 is 0 Å². The van der Waals surface area contributed by atoms with Crippen LogP contribution in [-0.4, -0.2) is 14.5 Å². The molecule has 0 fully saturated rings. The topological polar surface area (TPSA) is 76.7 Å². The van der Waals surface area contributed by atoms with Crippen molar-refractivity contribution in [2.24, 2.45) is 5.92 Å². The smallest absolute Gasteiger partial charge is 0.274 e. The second-order valence-electron chi connectivity index (χ2n) is 6.01. The third kappa shape index (κ3) is 2.74. The van der Waals surface area contributed by atoms with Crippen LogP contribution in [0.1, 0.15) is 25.2 Å². The molecule has 0 saturated carbocycles. The van der Waals surface area contributed by atoms with E-state index in [1.807, 2.05) is 12.3 Å². The standard InChI is InChI=1S/C17H20N4O/c1-11(2)8-15-16-12(5-6-19-15)9-13(20-16)10-21-7-3-4-14(18)17(21)22/h3-7,9,11,20H,8,10,18H2,1-2H3. The van der Waals surface area contributed by atoms with Gasteiger partial charge in [0.15, 0.2) is 0 Å². The molecule has 5 heteroatoms. The highest BCUT2D eigenvalue weighted by atomic mass is 16.1. The predicted molar refractivity (Wildman–Crippen MR) is 88.9 cm³/mol. The second-order valence-corrected chi connectivity index (χ2v) is 6.01. The fraction of sp³-hybridized carbons (Fsp3) is 0.294.